The van der Waals surface area contributed by atoms with Gasteiger partial charge in [0.2, 0.25) is 0 Å². The molecule has 118 valence electrons. The van der Waals surface area contributed by atoms with Crippen LogP contribution < -0.4 is 4.90 Å². The summed E-state index contributed by atoms with van der Waals surface area (Å²) >= 11 is 0. The lowest BCUT2D eigenvalue weighted by molar-refractivity contribution is 0.0532. The van der Waals surface area contributed by atoms with E-state index in [1.165, 1.54) is 12.8 Å². The van der Waals surface area contributed by atoms with E-state index in [-0.39, 0.29) is 0 Å². The van der Waals surface area contributed by atoms with Gasteiger partial charge in [-0.2, -0.15) is 5.26 Å². The van der Waals surface area contributed by atoms with E-state index in [1.54, 1.807) is 6.20 Å². The fourth-order valence-corrected chi connectivity index (χ4v) is 4.02. The van der Waals surface area contributed by atoms with Crippen LogP contribution in [-0.4, -0.2) is 30.8 Å². The molecule has 0 saturated carbocycles. The summed E-state index contributed by atoms with van der Waals surface area (Å²) in [6.45, 7) is 2.92. The quantitative estimate of drug-likeness (QED) is 0.852. The van der Waals surface area contributed by atoms with Crippen molar-refractivity contribution >= 4 is 16.6 Å². The van der Waals surface area contributed by atoms with Crippen molar-refractivity contribution in [3.05, 3.63) is 36.0 Å². The van der Waals surface area contributed by atoms with Gasteiger partial charge in [0.15, 0.2) is 0 Å². The zero-order chi connectivity index (χ0) is 15.6. The third kappa shape index (κ3) is 2.66. The molecule has 0 amide bonds. The van der Waals surface area contributed by atoms with E-state index < -0.39 is 0 Å². The minimum absolute atomic E-state index is 0.460. The van der Waals surface area contributed by atoms with Crippen LogP contribution in [0.25, 0.3) is 10.9 Å². The molecule has 1 aromatic carbocycles. The monoisotopic (exact) mass is 307 g/mol. The number of hydrogen-bond acceptors (Lipinski definition) is 4. The maximum atomic E-state index is 9.50. The summed E-state index contributed by atoms with van der Waals surface area (Å²) in [5.41, 5.74) is 2.70. The van der Waals surface area contributed by atoms with Crippen LogP contribution in [0.3, 0.4) is 0 Å². The summed E-state index contributed by atoms with van der Waals surface area (Å²) in [5.74, 6) is 0.674. The fraction of sp³-hybridized carbons (Fsp3) is 0.474. The third-order valence-electron chi connectivity index (χ3n) is 5.21. The van der Waals surface area contributed by atoms with E-state index in [9.17, 15) is 5.26 Å². The Bertz CT molecular complexity index is 738. The highest BCUT2D eigenvalue weighted by molar-refractivity contribution is 5.94. The van der Waals surface area contributed by atoms with Gasteiger partial charge < -0.3 is 9.64 Å². The van der Waals surface area contributed by atoms with Crippen molar-refractivity contribution in [2.24, 2.45) is 5.92 Å². The van der Waals surface area contributed by atoms with Crippen molar-refractivity contribution in [1.82, 2.24) is 4.98 Å². The Hall–Kier alpha value is -2.12. The first-order valence-corrected chi connectivity index (χ1v) is 8.51. The van der Waals surface area contributed by atoms with Gasteiger partial charge in [-0.15, -0.1) is 0 Å². The number of ether oxygens (including phenoxy) is 1. The molecule has 0 radical (unpaired) electrons. The van der Waals surface area contributed by atoms with Crippen LogP contribution in [0.4, 0.5) is 5.69 Å². The van der Waals surface area contributed by atoms with Crippen molar-refractivity contribution in [1.29, 1.82) is 5.26 Å². The van der Waals surface area contributed by atoms with Crippen LogP contribution in [0.15, 0.2) is 30.5 Å². The summed E-state index contributed by atoms with van der Waals surface area (Å²) in [7, 11) is 0. The van der Waals surface area contributed by atoms with Crippen molar-refractivity contribution in [2.45, 2.75) is 31.8 Å². The lowest BCUT2D eigenvalue weighted by atomic mass is 9.89. The molecule has 0 bridgehead atoms. The maximum Gasteiger partial charge on any atom is 0.103 e. The summed E-state index contributed by atoms with van der Waals surface area (Å²) in [5, 5.41) is 10.6. The summed E-state index contributed by atoms with van der Waals surface area (Å²) in [6, 6.07) is 10.4. The lowest BCUT2D eigenvalue weighted by Gasteiger charge is -2.36. The smallest absolute Gasteiger partial charge is 0.103 e. The van der Waals surface area contributed by atoms with Crippen molar-refractivity contribution in [3.8, 4) is 6.07 Å². The molecule has 4 heteroatoms. The molecule has 0 aliphatic carbocycles. The van der Waals surface area contributed by atoms with Crippen molar-refractivity contribution in [2.75, 3.05) is 24.6 Å². The molecule has 1 unspecified atom stereocenters. The van der Waals surface area contributed by atoms with Gasteiger partial charge in [-0.3, -0.25) is 4.98 Å². The maximum absolute atomic E-state index is 9.50. The highest BCUT2D eigenvalue weighted by Gasteiger charge is 2.30. The number of piperidine rings is 1. The van der Waals surface area contributed by atoms with Gasteiger partial charge in [0, 0.05) is 31.3 Å². The number of nitriles is 1. The second-order valence-corrected chi connectivity index (χ2v) is 6.53. The molecule has 2 aliphatic heterocycles. The predicted molar refractivity (Wildman–Crippen MR) is 90.4 cm³/mol. The highest BCUT2D eigenvalue weighted by atomic mass is 16.5. The van der Waals surface area contributed by atoms with E-state index in [4.69, 9.17) is 4.74 Å². The minimum atomic E-state index is 0.460. The third-order valence-corrected chi connectivity index (χ3v) is 5.21. The summed E-state index contributed by atoms with van der Waals surface area (Å²) in [6.07, 6.45) is 6.88. The first kappa shape index (κ1) is 14.5. The Kier molecular flexibility index (Phi) is 3.88. The van der Waals surface area contributed by atoms with Gasteiger partial charge in [0.05, 0.1) is 22.9 Å². The average Bonchev–Trinajstić information content (AvgIpc) is 3.15. The fourth-order valence-electron chi connectivity index (χ4n) is 4.02. The number of nitrogens with zero attached hydrogens (tertiary/aromatic N) is 3. The molecule has 4 nitrogen and oxygen atoms in total. The molecule has 2 aliphatic rings. The van der Waals surface area contributed by atoms with Crippen LogP contribution >= 0.6 is 0 Å². The van der Waals surface area contributed by atoms with Gasteiger partial charge in [-0.1, -0.05) is 18.2 Å². The van der Waals surface area contributed by atoms with E-state index in [0.29, 0.717) is 17.6 Å². The van der Waals surface area contributed by atoms with Gasteiger partial charge in [-0.25, -0.2) is 0 Å². The number of fused-ring (bicyclic) bond motifs is 1. The Morgan fingerprint density at radius 3 is 2.74 bits per heavy atom. The Balaban J connectivity index is 1.61. The van der Waals surface area contributed by atoms with Gasteiger partial charge in [0.1, 0.15) is 6.07 Å². The van der Waals surface area contributed by atoms with Crippen molar-refractivity contribution < 1.29 is 4.74 Å². The van der Waals surface area contributed by atoms with Crippen LogP contribution in [0.5, 0.6) is 0 Å². The Morgan fingerprint density at radius 2 is 2.00 bits per heavy atom. The molecule has 0 N–H and O–H groups in total. The van der Waals surface area contributed by atoms with Crippen LogP contribution in [-0.2, 0) is 4.74 Å². The molecule has 2 aromatic rings. The molecule has 2 fully saturated rings. The molecule has 23 heavy (non-hydrogen) atoms. The Morgan fingerprint density at radius 1 is 1.17 bits per heavy atom. The number of anilines is 1. The van der Waals surface area contributed by atoms with Crippen molar-refractivity contribution in [3.63, 3.8) is 0 Å². The molecule has 2 saturated heterocycles. The number of benzene rings is 1. The largest absolute Gasteiger partial charge is 0.378 e. The van der Waals surface area contributed by atoms with Gasteiger partial charge >= 0.3 is 0 Å². The number of pyridine rings is 1. The molecular formula is C19H21N3O. The molecule has 0 spiro atoms. The minimum Gasteiger partial charge on any atom is -0.378 e. The van der Waals surface area contributed by atoms with E-state index in [0.717, 1.165) is 49.1 Å². The van der Waals surface area contributed by atoms with E-state index in [1.807, 2.05) is 18.2 Å². The Labute approximate surface area is 136 Å². The number of hydrogen-bond donors (Lipinski definition) is 0. The molecule has 3 heterocycles. The lowest BCUT2D eigenvalue weighted by Crippen LogP contribution is -2.38. The van der Waals surface area contributed by atoms with Gasteiger partial charge in [0.25, 0.3) is 0 Å². The van der Waals surface area contributed by atoms with Crippen LogP contribution in [0, 0.1) is 17.2 Å². The second kappa shape index (κ2) is 6.17. The van der Waals surface area contributed by atoms with Crippen LogP contribution in [0.1, 0.15) is 31.2 Å². The summed E-state index contributed by atoms with van der Waals surface area (Å²) < 4.78 is 5.87. The zero-order valence-electron chi connectivity index (χ0n) is 13.2. The predicted octanol–water partition coefficient (Wildman–Crippen LogP) is 3.50. The van der Waals surface area contributed by atoms with E-state index in [2.05, 4.69) is 22.0 Å². The molecular weight excluding hydrogens is 286 g/mol. The van der Waals surface area contributed by atoms with Crippen LogP contribution in [0.2, 0.25) is 0 Å². The normalized spacial score (nSPS) is 22.4. The van der Waals surface area contributed by atoms with Gasteiger partial charge in [-0.05, 0) is 37.7 Å². The zero-order valence-corrected chi connectivity index (χ0v) is 13.2. The topological polar surface area (TPSA) is 49.2 Å². The first-order chi connectivity index (χ1) is 11.4. The molecule has 1 aromatic heterocycles. The number of aromatic nitrogens is 1. The average molecular weight is 307 g/mol. The highest BCUT2D eigenvalue weighted by Crippen LogP contribution is 2.35. The number of rotatable bonds is 2. The molecule has 4 rings (SSSR count). The van der Waals surface area contributed by atoms with E-state index >= 15 is 0 Å². The molecule has 1 atom stereocenters. The second-order valence-electron chi connectivity index (χ2n) is 6.53. The SMILES string of the molecule is N#Cc1cnc2ccccc2c1N1CCC(C2CCCO2)CC1. The number of para-hydroxylation sites is 1. The summed E-state index contributed by atoms with van der Waals surface area (Å²) in [4.78, 5) is 6.79. The standard InChI is InChI=1S/C19H21N3O/c20-12-15-13-21-17-5-2-1-4-16(17)19(15)22-9-7-14(8-10-22)18-6-3-11-23-18/h1-2,4-5,13-14,18H,3,6-11H2. The first-order valence-electron chi connectivity index (χ1n) is 8.51.